The number of pyridine rings is 1. The molecule has 0 radical (unpaired) electrons. The highest BCUT2D eigenvalue weighted by molar-refractivity contribution is 7.89. The van der Waals surface area contributed by atoms with Crippen molar-refractivity contribution >= 4 is 31.8 Å². The van der Waals surface area contributed by atoms with Gasteiger partial charge in [0.05, 0.1) is 4.90 Å². The molecule has 1 fully saturated rings. The number of nitrogens with one attached hydrogen (secondary N) is 2. The number of benzene rings is 1. The van der Waals surface area contributed by atoms with Gasteiger partial charge in [0.2, 0.25) is 10.0 Å². The van der Waals surface area contributed by atoms with Crippen LogP contribution in [0.25, 0.3) is 21.8 Å². The van der Waals surface area contributed by atoms with E-state index >= 15 is 0 Å². The van der Waals surface area contributed by atoms with Crippen LogP contribution in [0.3, 0.4) is 0 Å². The molecular formula is C17H20N4O3S. The van der Waals surface area contributed by atoms with E-state index in [1.54, 1.807) is 37.4 Å². The maximum absolute atomic E-state index is 13.1. The second-order valence-corrected chi connectivity index (χ2v) is 8.60. The molecule has 2 aromatic heterocycles. The van der Waals surface area contributed by atoms with Crippen LogP contribution in [0, 0.1) is 0 Å². The Morgan fingerprint density at radius 2 is 2.04 bits per heavy atom. The largest absolute Gasteiger partial charge is 0.357 e. The van der Waals surface area contributed by atoms with Crippen LogP contribution in [0.15, 0.2) is 40.2 Å². The molecule has 1 aromatic carbocycles. The van der Waals surface area contributed by atoms with Crippen molar-refractivity contribution in [3.63, 3.8) is 0 Å². The number of hydrogen-bond acceptors (Lipinski definition) is 4. The van der Waals surface area contributed by atoms with Crippen LogP contribution in [0.2, 0.25) is 0 Å². The third-order valence-corrected chi connectivity index (χ3v) is 6.45. The normalized spacial score (nSPS) is 16.8. The zero-order valence-electron chi connectivity index (χ0n) is 13.8. The first kappa shape index (κ1) is 16.3. The van der Waals surface area contributed by atoms with Crippen molar-refractivity contribution in [1.82, 2.24) is 14.3 Å². The van der Waals surface area contributed by atoms with Gasteiger partial charge < -0.3 is 15.7 Å². The van der Waals surface area contributed by atoms with Gasteiger partial charge in [-0.05, 0) is 44.0 Å². The molecule has 2 heterocycles. The Kier molecular flexibility index (Phi) is 3.71. The molecule has 25 heavy (non-hydrogen) atoms. The predicted octanol–water partition coefficient (Wildman–Crippen LogP) is 1.51. The second-order valence-electron chi connectivity index (χ2n) is 6.71. The van der Waals surface area contributed by atoms with Gasteiger partial charge in [0.25, 0.3) is 5.56 Å². The Morgan fingerprint density at radius 1 is 1.28 bits per heavy atom. The predicted molar refractivity (Wildman–Crippen MR) is 97.0 cm³/mol. The number of nitrogens with zero attached hydrogens (tertiary/aromatic N) is 1. The third-order valence-electron chi connectivity index (χ3n) is 4.53. The topological polar surface area (TPSA) is 112 Å². The summed E-state index contributed by atoms with van der Waals surface area (Å²) in [5.74, 6) is 0. The molecule has 0 amide bonds. The van der Waals surface area contributed by atoms with E-state index < -0.39 is 10.0 Å². The van der Waals surface area contributed by atoms with E-state index in [0.717, 1.165) is 12.8 Å². The number of nitrogens with two attached hydrogens (primary N) is 1. The number of sulfonamides is 1. The monoisotopic (exact) mass is 360 g/mol. The molecule has 0 saturated heterocycles. The molecule has 1 aliphatic carbocycles. The first-order chi connectivity index (χ1) is 11.9. The minimum atomic E-state index is -3.64. The van der Waals surface area contributed by atoms with Gasteiger partial charge in [0.15, 0.2) is 0 Å². The highest BCUT2D eigenvalue weighted by Gasteiger charge is 2.38. The molecule has 0 bridgehead atoms. The molecule has 0 aliphatic heterocycles. The summed E-state index contributed by atoms with van der Waals surface area (Å²) in [5, 5.41) is 1.41. The summed E-state index contributed by atoms with van der Waals surface area (Å²) in [5.41, 5.74) is 6.68. The SMILES string of the molecule is C[C@@H](N)CN(C1CC1)S(=O)(=O)c1ccc2[nH]c(=O)c3[nH]ccc3c2c1. The van der Waals surface area contributed by atoms with Gasteiger partial charge in [-0.3, -0.25) is 4.79 Å². The van der Waals surface area contributed by atoms with Crippen molar-refractivity contribution < 1.29 is 8.42 Å². The fourth-order valence-electron chi connectivity index (χ4n) is 3.21. The van der Waals surface area contributed by atoms with Gasteiger partial charge in [0.1, 0.15) is 5.52 Å². The number of aromatic nitrogens is 2. The van der Waals surface area contributed by atoms with E-state index in [2.05, 4.69) is 9.97 Å². The maximum Gasteiger partial charge on any atom is 0.272 e. The van der Waals surface area contributed by atoms with Crippen LogP contribution in [0.5, 0.6) is 0 Å². The third kappa shape index (κ3) is 2.76. The van der Waals surface area contributed by atoms with E-state index in [1.165, 1.54) is 4.31 Å². The van der Waals surface area contributed by atoms with Gasteiger partial charge in [-0.25, -0.2) is 8.42 Å². The first-order valence-corrected chi connectivity index (χ1v) is 9.72. The Morgan fingerprint density at radius 3 is 2.72 bits per heavy atom. The smallest absolute Gasteiger partial charge is 0.272 e. The highest BCUT2D eigenvalue weighted by Crippen LogP contribution is 2.33. The van der Waals surface area contributed by atoms with Crippen molar-refractivity contribution in [1.29, 1.82) is 0 Å². The van der Waals surface area contributed by atoms with E-state index in [1.807, 2.05) is 0 Å². The molecule has 7 nitrogen and oxygen atoms in total. The van der Waals surface area contributed by atoms with Crippen LogP contribution in [-0.4, -0.2) is 41.3 Å². The summed E-state index contributed by atoms with van der Waals surface area (Å²) in [6, 6.07) is 6.41. The van der Waals surface area contributed by atoms with Crippen molar-refractivity contribution in [3.8, 4) is 0 Å². The molecule has 132 valence electrons. The molecule has 3 aromatic rings. The molecule has 8 heteroatoms. The summed E-state index contributed by atoms with van der Waals surface area (Å²) >= 11 is 0. The average Bonchev–Trinajstić information content (AvgIpc) is 3.27. The zero-order valence-corrected chi connectivity index (χ0v) is 14.6. The number of aromatic amines is 2. The quantitative estimate of drug-likeness (QED) is 0.640. The van der Waals surface area contributed by atoms with Crippen molar-refractivity contribution in [2.24, 2.45) is 5.73 Å². The summed E-state index contributed by atoms with van der Waals surface area (Å²) in [4.78, 5) is 17.9. The maximum atomic E-state index is 13.1. The van der Waals surface area contributed by atoms with Gasteiger partial charge in [-0.1, -0.05) is 0 Å². The Balaban J connectivity index is 1.88. The van der Waals surface area contributed by atoms with Gasteiger partial charge in [-0.15, -0.1) is 0 Å². The minimum absolute atomic E-state index is 0.0366. The van der Waals surface area contributed by atoms with E-state index in [0.29, 0.717) is 28.4 Å². The highest BCUT2D eigenvalue weighted by atomic mass is 32.2. The Hall–Kier alpha value is -2.16. The molecule has 1 aliphatic rings. The van der Waals surface area contributed by atoms with Gasteiger partial charge in [0, 0.05) is 41.1 Å². The summed E-state index contributed by atoms with van der Waals surface area (Å²) in [6.45, 7) is 2.11. The molecule has 1 atom stereocenters. The van der Waals surface area contributed by atoms with E-state index in [4.69, 9.17) is 5.73 Å². The van der Waals surface area contributed by atoms with Gasteiger partial charge >= 0.3 is 0 Å². The van der Waals surface area contributed by atoms with Crippen molar-refractivity contribution in [2.45, 2.75) is 36.7 Å². The lowest BCUT2D eigenvalue weighted by Gasteiger charge is -2.23. The number of rotatable bonds is 5. The van der Waals surface area contributed by atoms with Crippen LogP contribution < -0.4 is 11.3 Å². The van der Waals surface area contributed by atoms with Crippen LogP contribution in [0.1, 0.15) is 19.8 Å². The Bertz CT molecular complexity index is 1110. The van der Waals surface area contributed by atoms with Crippen LogP contribution in [-0.2, 0) is 10.0 Å². The molecule has 4 N–H and O–H groups in total. The lowest BCUT2D eigenvalue weighted by Crippen LogP contribution is -2.41. The first-order valence-electron chi connectivity index (χ1n) is 8.28. The van der Waals surface area contributed by atoms with Crippen LogP contribution >= 0.6 is 0 Å². The van der Waals surface area contributed by atoms with Gasteiger partial charge in [-0.2, -0.15) is 4.31 Å². The fourth-order valence-corrected chi connectivity index (χ4v) is 5.02. The average molecular weight is 360 g/mol. The van der Waals surface area contributed by atoms with Crippen molar-refractivity contribution in [2.75, 3.05) is 6.54 Å². The molecular weight excluding hydrogens is 340 g/mol. The summed E-state index contributed by atoms with van der Waals surface area (Å²) in [7, 11) is -3.64. The number of H-pyrrole nitrogens is 2. The molecule has 0 unspecified atom stereocenters. The molecule has 4 rings (SSSR count). The minimum Gasteiger partial charge on any atom is -0.357 e. The van der Waals surface area contributed by atoms with Crippen molar-refractivity contribution in [3.05, 3.63) is 40.8 Å². The van der Waals surface area contributed by atoms with Crippen LogP contribution in [0.4, 0.5) is 0 Å². The Labute approximate surface area is 144 Å². The standard InChI is InChI=1S/C17H20N4O3S/c1-10(18)9-21(11-2-3-11)25(23,24)12-4-5-15-14(8-12)13-6-7-19-16(13)17(22)20-15/h4-8,10-11,19H,2-3,9,18H2,1H3,(H,20,22)/t10-/m1/s1. The second kappa shape index (κ2) is 5.69. The molecule has 0 spiro atoms. The fraction of sp³-hybridized carbons (Fsp3) is 0.353. The lowest BCUT2D eigenvalue weighted by atomic mass is 10.1. The molecule has 1 saturated carbocycles. The summed E-state index contributed by atoms with van der Waals surface area (Å²) in [6.07, 6.45) is 3.41. The zero-order chi connectivity index (χ0) is 17.8. The summed E-state index contributed by atoms with van der Waals surface area (Å²) < 4.78 is 27.8. The van der Waals surface area contributed by atoms with E-state index in [9.17, 15) is 13.2 Å². The number of hydrogen-bond donors (Lipinski definition) is 3. The lowest BCUT2D eigenvalue weighted by molar-refractivity contribution is 0.383. The van der Waals surface area contributed by atoms with E-state index in [-0.39, 0.29) is 22.5 Å². The number of fused-ring (bicyclic) bond motifs is 3.